The number of hydrogen-bond donors (Lipinski definition) is 1. The fourth-order valence-electron chi connectivity index (χ4n) is 1.34. The van der Waals surface area contributed by atoms with Crippen LogP contribution in [0.1, 0.15) is 43.6 Å². The van der Waals surface area contributed by atoms with E-state index in [0.29, 0.717) is 11.7 Å². The smallest absolute Gasteiger partial charge is 0.243 e. The minimum atomic E-state index is -0.206. The van der Waals surface area contributed by atoms with E-state index < -0.39 is 0 Å². The van der Waals surface area contributed by atoms with E-state index in [1.807, 2.05) is 6.92 Å². The van der Waals surface area contributed by atoms with E-state index in [0.717, 1.165) is 19.4 Å². The van der Waals surface area contributed by atoms with Crippen molar-refractivity contribution in [1.82, 2.24) is 10.1 Å². The van der Waals surface area contributed by atoms with Crippen molar-refractivity contribution < 1.29 is 9.26 Å². The van der Waals surface area contributed by atoms with Crippen LogP contribution in [0.3, 0.4) is 0 Å². The highest BCUT2D eigenvalue weighted by atomic mass is 16.5. The van der Waals surface area contributed by atoms with Gasteiger partial charge in [0.25, 0.3) is 0 Å². The second-order valence-corrected chi connectivity index (χ2v) is 3.28. The van der Waals surface area contributed by atoms with Crippen molar-refractivity contribution in [1.29, 1.82) is 0 Å². The van der Waals surface area contributed by atoms with Crippen molar-refractivity contribution in [2.75, 3.05) is 6.61 Å². The van der Waals surface area contributed by atoms with Crippen LogP contribution in [-0.4, -0.2) is 16.7 Å². The quantitative estimate of drug-likeness (QED) is 0.738. The van der Waals surface area contributed by atoms with Gasteiger partial charge in [-0.1, -0.05) is 5.16 Å². The number of ether oxygens (including phenoxy) is 1. The van der Waals surface area contributed by atoms with Crippen LogP contribution in [0.4, 0.5) is 0 Å². The Hall–Kier alpha value is -0.940. The van der Waals surface area contributed by atoms with E-state index in [1.54, 1.807) is 0 Å². The third-order valence-corrected chi connectivity index (χ3v) is 2.06. The molecule has 2 atom stereocenters. The Labute approximate surface area is 76.3 Å². The summed E-state index contributed by atoms with van der Waals surface area (Å²) in [5.74, 6) is 1.11. The number of nitrogens with zero attached hydrogens (tertiary/aromatic N) is 2. The SMILES string of the molecule is C[C@H](N)c1nc(C2CCCO2)no1. The highest BCUT2D eigenvalue weighted by molar-refractivity contribution is 4.95. The van der Waals surface area contributed by atoms with Gasteiger partial charge in [0, 0.05) is 6.61 Å². The average Bonchev–Trinajstić information content (AvgIpc) is 2.75. The summed E-state index contributed by atoms with van der Waals surface area (Å²) in [4.78, 5) is 4.16. The number of aromatic nitrogens is 2. The lowest BCUT2D eigenvalue weighted by atomic mass is 10.2. The molecule has 5 heteroatoms. The molecule has 0 spiro atoms. The zero-order chi connectivity index (χ0) is 9.26. The molecule has 2 heterocycles. The molecule has 0 amide bonds. The summed E-state index contributed by atoms with van der Waals surface area (Å²) in [7, 11) is 0. The van der Waals surface area contributed by atoms with Crippen LogP contribution in [0.15, 0.2) is 4.52 Å². The maximum absolute atomic E-state index is 5.59. The summed E-state index contributed by atoms with van der Waals surface area (Å²) in [5, 5.41) is 3.83. The summed E-state index contributed by atoms with van der Waals surface area (Å²) in [5.41, 5.74) is 5.59. The molecule has 72 valence electrons. The van der Waals surface area contributed by atoms with E-state index in [4.69, 9.17) is 15.0 Å². The van der Waals surface area contributed by atoms with Gasteiger partial charge in [0.2, 0.25) is 11.7 Å². The second kappa shape index (κ2) is 3.43. The van der Waals surface area contributed by atoms with E-state index in [9.17, 15) is 0 Å². The summed E-state index contributed by atoms with van der Waals surface area (Å²) in [6.45, 7) is 2.60. The van der Waals surface area contributed by atoms with Gasteiger partial charge < -0.3 is 15.0 Å². The Balaban J connectivity index is 2.12. The minimum Gasteiger partial charge on any atom is -0.370 e. The highest BCUT2D eigenvalue weighted by Gasteiger charge is 2.23. The first-order valence-corrected chi connectivity index (χ1v) is 4.48. The van der Waals surface area contributed by atoms with Crippen molar-refractivity contribution in [3.8, 4) is 0 Å². The predicted molar refractivity (Wildman–Crippen MR) is 44.8 cm³/mol. The van der Waals surface area contributed by atoms with Gasteiger partial charge in [0.05, 0.1) is 6.04 Å². The fraction of sp³-hybridized carbons (Fsp3) is 0.750. The highest BCUT2D eigenvalue weighted by Crippen LogP contribution is 2.26. The van der Waals surface area contributed by atoms with Crippen LogP contribution in [0.25, 0.3) is 0 Å². The van der Waals surface area contributed by atoms with Crippen molar-refractivity contribution in [2.45, 2.75) is 31.9 Å². The van der Waals surface area contributed by atoms with Crippen LogP contribution in [0, 0.1) is 0 Å². The molecule has 2 rings (SSSR count). The van der Waals surface area contributed by atoms with Crippen molar-refractivity contribution in [3.05, 3.63) is 11.7 Å². The fourth-order valence-corrected chi connectivity index (χ4v) is 1.34. The average molecular weight is 183 g/mol. The molecule has 0 aliphatic carbocycles. The molecule has 13 heavy (non-hydrogen) atoms. The molecular formula is C8H13N3O2. The number of hydrogen-bond acceptors (Lipinski definition) is 5. The topological polar surface area (TPSA) is 74.2 Å². The minimum absolute atomic E-state index is 0.0104. The Kier molecular flexibility index (Phi) is 2.28. The van der Waals surface area contributed by atoms with Gasteiger partial charge >= 0.3 is 0 Å². The molecule has 1 unspecified atom stereocenters. The van der Waals surface area contributed by atoms with Crippen LogP contribution >= 0.6 is 0 Å². The third kappa shape index (κ3) is 1.71. The van der Waals surface area contributed by atoms with Crippen LogP contribution in [0.5, 0.6) is 0 Å². The molecule has 1 aromatic rings. The summed E-state index contributed by atoms with van der Waals surface area (Å²) in [6, 6.07) is -0.206. The molecule has 1 aliphatic heterocycles. The zero-order valence-corrected chi connectivity index (χ0v) is 7.56. The Morgan fingerprint density at radius 1 is 1.62 bits per heavy atom. The van der Waals surface area contributed by atoms with Crippen LogP contribution in [-0.2, 0) is 4.74 Å². The Morgan fingerprint density at radius 2 is 2.46 bits per heavy atom. The van der Waals surface area contributed by atoms with E-state index in [-0.39, 0.29) is 12.1 Å². The summed E-state index contributed by atoms with van der Waals surface area (Å²) >= 11 is 0. The summed E-state index contributed by atoms with van der Waals surface area (Å²) in [6.07, 6.45) is 2.04. The first kappa shape index (κ1) is 8.65. The standard InChI is InChI=1S/C8H13N3O2/c1-5(9)8-10-7(11-13-8)6-3-2-4-12-6/h5-6H,2-4,9H2,1H3/t5-,6?/m0/s1. The van der Waals surface area contributed by atoms with E-state index >= 15 is 0 Å². The van der Waals surface area contributed by atoms with Crippen LogP contribution in [0.2, 0.25) is 0 Å². The molecule has 0 aromatic carbocycles. The lowest BCUT2D eigenvalue weighted by Gasteiger charge is -2.01. The van der Waals surface area contributed by atoms with Crippen LogP contribution < -0.4 is 5.73 Å². The second-order valence-electron chi connectivity index (χ2n) is 3.28. The third-order valence-electron chi connectivity index (χ3n) is 2.06. The van der Waals surface area contributed by atoms with Gasteiger partial charge in [0.1, 0.15) is 6.10 Å². The van der Waals surface area contributed by atoms with Crippen molar-refractivity contribution >= 4 is 0 Å². The van der Waals surface area contributed by atoms with Gasteiger partial charge in [-0.05, 0) is 19.8 Å². The van der Waals surface area contributed by atoms with Crippen molar-refractivity contribution in [3.63, 3.8) is 0 Å². The van der Waals surface area contributed by atoms with Crippen molar-refractivity contribution in [2.24, 2.45) is 5.73 Å². The number of rotatable bonds is 2. The Bertz CT molecular complexity index is 279. The molecule has 5 nitrogen and oxygen atoms in total. The predicted octanol–water partition coefficient (Wildman–Crippen LogP) is 0.941. The molecule has 0 radical (unpaired) electrons. The first-order valence-electron chi connectivity index (χ1n) is 4.48. The molecule has 0 bridgehead atoms. The Morgan fingerprint density at radius 3 is 3.00 bits per heavy atom. The van der Waals surface area contributed by atoms with Gasteiger partial charge in [-0.15, -0.1) is 0 Å². The maximum atomic E-state index is 5.59. The molecule has 0 saturated carbocycles. The lowest BCUT2D eigenvalue weighted by Crippen LogP contribution is -2.06. The van der Waals surface area contributed by atoms with Gasteiger partial charge in [-0.25, -0.2) is 0 Å². The molecule has 1 aliphatic rings. The van der Waals surface area contributed by atoms with E-state index in [2.05, 4.69) is 10.1 Å². The molecular weight excluding hydrogens is 170 g/mol. The normalized spacial score (nSPS) is 24.9. The van der Waals surface area contributed by atoms with Gasteiger partial charge in [-0.2, -0.15) is 4.98 Å². The summed E-state index contributed by atoms with van der Waals surface area (Å²) < 4.78 is 10.4. The first-order chi connectivity index (χ1) is 6.27. The van der Waals surface area contributed by atoms with Gasteiger partial charge in [0.15, 0.2) is 0 Å². The zero-order valence-electron chi connectivity index (χ0n) is 7.56. The molecule has 1 fully saturated rings. The van der Waals surface area contributed by atoms with E-state index in [1.165, 1.54) is 0 Å². The molecule has 1 saturated heterocycles. The lowest BCUT2D eigenvalue weighted by molar-refractivity contribution is 0.103. The monoisotopic (exact) mass is 183 g/mol. The van der Waals surface area contributed by atoms with Gasteiger partial charge in [-0.3, -0.25) is 0 Å². The largest absolute Gasteiger partial charge is 0.370 e. The molecule has 1 aromatic heterocycles. The maximum Gasteiger partial charge on any atom is 0.243 e. The molecule has 2 N–H and O–H groups in total. The number of nitrogens with two attached hydrogens (primary N) is 1.